The van der Waals surface area contributed by atoms with Crippen LogP contribution in [0.2, 0.25) is 0 Å². The zero-order valence-corrected chi connectivity index (χ0v) is 23.4. The molecule has 0 saturated carbocycles. The number of ether oxygens (including phenoxy) is 2. The van der Waals surface area contributed by atoms with Gasteiger partial charge in [0.2, 0.25) is 5.91 Å². The highest BCUT2D eigenvalue weighted by atomic mass is 32.2. The van der Waals surface area contributed by atoms with E-state index < -0.39 is 19.7 Å². The van der Waals surface area contributed by atoms with Gasteiger partial charge in [-0.25, -0.2) is 21.6 Å². The van der Waals surface area contributed by atoms with E-state index in [9.17, 15) is 26.4 Å². The molecule has 3 atom stereocenters. The normalized spacial score (nSPS) is 21.1. The van der Waals surface area contributed by atoms with Crippen molar-refractivity contribution in [3.05, 3.63) is 12.0 Å². The number of nitrogens with zero attached hydrogens (tertiary/aromatic N) is 1. The molecule has 2 saturated heterocycles. The lowest BCUT2D eigenvalue weighted by molar-refractivity contribution is -0.130. The van der Waals surface area contributed by atoms with Gasteiger partial charge in [-0.15, -0.1) is 6.42 Å². The van der Waals surface area contributed by atoms with Gasteiger partial charge in [0.25, 0.3) is 0 Å². The van der Waals surface area contributed by atoms with Crippen molar-refractivity contribution < 1.29 is 35.9 Å². The van der Waals surface area contributed by atoms with Gasteiger partial charge in [-0.3, -0.25) is 4.79 Å². The molecule has 2 aliphatic heterocycles. The standard InChI is InChI=1S/C23H37N3O8S3/c1-3-9-26(21(27)8-6-5-7-20-22-19(18-35-20)24-23(28)25-22)10-15-37(31,32)17-14-34-12-11-33-13-16-36(29,30)4-2/h1,4,19-20,22H,2,5-18H2,(H2,24,25,28). The van der Waals surface area contributed by atoms with Gasteiger partial charge in [-0.1, -0.05) is 18.9 Å². The third-order valence-electron chi connectivity index (χ3n) is 6.05. The van der Waals surface area contributed by atoms with Gasteiger partial charge in [-0.2, -0.15) is 11.8 Å². The molecule has 0 bridgehead atoms. The van der Waals surface area contributed by atoms with E-state index in [0.29, 0.717) is 11.7 Å². The summed E-state index contributed by atoms with van der Waals surface area (Å²) >= 11 is 1.83. The first-order chi connectivity index (χ1) is 17.6. The van der Waals surface area contributed by atoms with Crippen LogP contribution in [0.1, 0.15) is 25.7 Å². The van der Waals surface area contributed by atoms with E-state index in [4.69, 9.17) is 15.9 Å². The van der Waals surface area contributed by atoms with E-state index in [0.717, 1.165) is 24.0 Å². The minimum atomic E-state index is -3.46. The Morgan fingerprint density at radius 2 is 1.81 bits per heavy atom. The topological polar surface area (TPSA) is 148 Å². The Morgan fingerprint density at radius 3 is 2.49 bits per heavy atom. The summed E-state index contributed by atoms with van der Waals surface area (Å²) in [5, 5.41) is 7.06. The number of hydrogen-bond donors (Lipinski definition) is 2. The molecule has 3 amide bonds. The number of nitrogens with one attached hydrogen (secondary N) is 2. The molecular weight excluding hydrogens is 542 g/mol. The molecule has 0 aliphatic carbocycles. The zero-order valence-electron chi connectivity index (χ0n) is 20.9. The summed E-state index contributed by atoms with van der Waals surface area (Å²) in [5.41, 5.74) is 0. The summed E-state index contributed by atoms with van der Waals surface area (Å²) in [6.07, 6.45) is 8.05. The van der Waals surface area contributed by atoms with Crippen LogP contribution in [-0.4, -0.2) is 114 Å². The number of carbonyl (C=O) groups excluding carboxylic acids is 2. The lowest BCUT2D eigenvalue weighted by Gasteiger charge is -2.21. The maximum Gasteiger partial charge on any atom is 0.315 e. The molecule has 11 nitrogen and oxygen atoms in total. The molecule has 210 valence electrons. The second-order valence-corrected chi connectivity index (χ2v) is 14.4. The van der Waals surface area contributed by atoms with Crippen LogP contribution in [0.3, 0.4) is 0 Å². The van der Waals surface area contributed by atoms with Gasteiger partial charge < -0.3 is 25.0 Å². The number of unbranched alkanes of at least 4 members (excludes halogenated alkanes) is 1. The van der Waals surface area contributed by atoms with E-state index in [1.54, 1.807) is 0 Å². The third kappa shape index (κ3) is 11.6. The first-order valence-electron chi connectivity index (χ1n) is 12.2. The van der Waals surface area contributed by atoms with Crippen LogP contribution in [0.25, 0.3) is 0 Å². The predicted molar refractivity (Wildman–Crippen MR) is 144 cm³/mol. The van der Waals surface area contributed by atoms with Gasteiger partial charge in [0.05, 0.1) is 62.3 Å². The van der Waals surface area contributed by atoms with Crippen LogP contribution in [-0.2, 0) is 33.9 Å². The monoisotopic (exact) mass is 579 g/mol. The van der Waals surface area contributed by atoms with Crippen molar-refractivity contribution >= 4 is 43.4 Å². The maximum atomic E-state index is 12.6. The van der Waals surface area contributed by atoms with Gasteiger partial charge in [-0.05, 0) is 12.8 Å². The molecular formula is C23H37N3O8S3. The van der Waals surface area contributed by atoms with E-state index in [1.165, 1.54) is 4.90 Å². The van der Waals surface area contributed by atoms with Crippen molar-refractivity contribution in [3.63, 3.8) is 0 Å². The van der Waals surface area contributed by atoms with Crippen LogP contribution < -0.4 is 10.6 Å². The quantitative estimate of drug-likeness (QED) is 0.124. The number of terminal acetylenes is 1. The first-order valence-corrected chi connectivity index (χ1v) is 16.8. The Labute approximate surface area is 224 Å². The highest BCUT2D eigenvalue weighted by molar-refractivity contribution is 8.00. The fraction of sp³-hybridized carbons (Fsp3) is 0.739. The lowest BCUT2D eigenvalue weighted by Crippen LogP contribution is -2.37. The molecule has 2 aliphatic rings. The lowest BCUT2D eigenvalue weighted by atomic mass is 10.0. The second-order valence-electron chi connectivity index (χ2n) is 8.80. The van der Waals surface area contributed by atoms with Crippen molar-refractivity contribution in [3.8, 4) is 12.3 Å². The van der Waals surface area contributed by atoms with Crippen LogP contribution in [0, 0.1) is 12.3 Å². The molecule has 0 aromatic carbocycles. The smallest absolute Gasteiger partial charge is 0.315 e. The van der Waals surface area contributed by atoms with Crippen LogP contribution in [0.4, 0.5) is 4.79 Å². The van der Waals surface area contributed by atoms with Crippen molar-refractivity contribution in [1.29, 1.82) is 0 Å². The minimum absolute atomic E-state index is 0.00524. The van der Waals surface area contributed by atoms with Gasteiger partial charge in [0.15, 0.2) is 19.7 Å². The van der Waals surface area contributed by atoms with E-state index in [1.807, 2.05) is 11.8 Å². The fourth-order valence-corrected chi connectivity index (χ4v) is 7.08. The fourth-order valence-electron chi connectivity index (χ4n) is 3.94. The summed E-state index contributed by atoms with van der Waals surface area (Å²) in [7, 11) is -6.77. The van der Waals surface area contributed by atoms with Crippen molar-refractivity contribution in [2.75, 3.05) is 62.5 Å². The molecule has 2 heterocycles. The number of sulfone groups is 2. The number of carbonyl (C=O) groups is 2. The highest BCUT2D eigenvalue weighted by Crippen LogP contribution is 2.33. The average Bonchev–Trinajstić information content (AvgIpc) is 3.40. The maximum absolute atomic E-state index is 12.6. The molecule has 14 heteroatoms. The van der Waals surface area contributed by atoms with Crippen LogP contribution in [0.5, 0.6) is 0 Å². The molecule has 2 rings (SSSR count). The van der Waals surface area contributed by atoms with Crippen LogP contribution in [0.15, 0.2) is 12.0 Å². The molecule has 0 spiro atoms. The Balaban J connectivity index is 1.59. The van der Waals surface area contributed by atoms with Gasteiger partial charge in [0, 0.05) is 29.4 Å². The largest absolute Gasteiger partial charge is 0.378 e. The molecule has 37 heavy (non-hydrogen) atoms. The number of fused-ring (bicyclic) bond motifs is 1. The van der Waals surface area contributed by atoms with Crippen molar-refractivity contribution in [1.82, 2.24) is 15.5 Å². The van der Waals surface area contributed by atoms with Gasteiger partial charge in [0.1, 0.15) is 0 Å². The second kappa shape index (κ2) is 15.6. The summed E-state index contributed by atoms with van der Waals surface area (Å²) in [6.45, 7) is 3.53. The van der Waals surface area contributed by atoms with Gasteiger partial charge >= 0.3 is 6.03 Å². The zero-order chi connectivity index (χ0) is 27.3. The summed E-state index contributed by atoms with van der Waals surface area (Å²) in [6, 6.07) is 0.184. The molecule has 0 aromatic heterocycles. The number of thioether (sulfide) groups is 1. The summed E-state index contributed by atoms with van der Waals surface area (Å²) in [5.74, 6) is 2.54. The molecule has 2 fully saturated rings. The number of rotatable bonds is 19. The average molecular weight is 580 g/mol. The SMILES string of the molecule is C#CCN(CCS(=O)(=O)CCOCCOCCS(=O)(=O)C=C)C(=O)CCCCC1SCC2NC(=O)NC21. The Hall–Kier alpha value is -1.79. The number of urea groups is 1. The van der Waals surface area contributed by atoms with Crippen molar-refractivity contribution in [2.45, 2.75) is 43.0 Å². The predicted octanol–water partition coefficient (Wildman–Crippen LogP) is 0.180. The van der Waals surface area contributed by atoms with E-state index >= 15 is 0 Å². The van der Waals surface area contributed by atoms with E-state index in [2.05, 4.69) is 23.1 Å². The molecule has 0 radical (unpaired) electrons. The number of amides is 3. The van der Waals surface area contributed by atoms with E-state index in [-0.39, 0.29) is 87.2 Å². The molecule has 2 N–H and O–H groups in total. The Morgan fingerprint density at radius 1 is 1.11 bits per heavy atom. The Kier molecular flexibility index (Phi) is 13.2. The Bertz CT molecular complexity index is 1030. The number of hydrogen-bond acceptors (Lipinski definition) is 9. The first kappa shape index (κ1) is 31.4. The summed E-state index contributed by atoms with van der Waals surface area (Å²) in [4.78, 5) is 25.5. The molecule has 0 aromatic rings. The van der Waals surface area contributed by atoms with Crippen LogP contribution >= 0.6 is 11.8 Å². The van der Waals surface area contributed by atoms with Crippen molar-refractivity contribution in [2.24, 2.45) is 0 Å². The summed E-state index contributed by atoms with van der Waals surface area (Å²) < 4.78 is 57.6. The highest BCUT2D eigenvalue weighted by Gasteiger charge is 2.42. The third-order valence-corrected chi connectivity index (χ3v) is 10.4. The molecule has 3 unspecified atom stereocenters. The minimum Gasteiger partial charge on any atom is -0.378 e.